The predicted molar refractivity (Wildman–Crippen MR) is 87.7 cm³/mol. The lowest BCUT2D eigenvalue weighted by Gasteiger charge is -2.26. The summed E-state index contributed by atoms with van der Waals surface area (Å²) in [5, 5.41) is 0.805. The summed E-state index contributed by atoms with van der Waals surface area (Å²) < 4.78 is 0. The minimum atomic E-state index is 0.210. The predicted octanol–water partition coefficient (Wildman–Crippen LogP) is 2.76. The van der Waals surface area contributed by atoms with Gasteiger partial charge in [-0.25, -0.2) is 0 Å². The van der Waals surface area contributed by atoms with E-state index >= 15 is 0 Å². The Kier molecular flexibility index (Phi) is 5.70. The van der Waals surface area contributed by atoms with Crippen molar-refractivity contribution < 1.29 is 0 Å². The Morgan fingerprint density at radius 2 is 2.05 bits per heavy atom. The molecule has 0 bridgehead atoms. The minimum Gasteiger partial charge on any atom is -0.370 e. The highest BCUT2D eigenvalue weighted by atomic mass is 35.5. The highest BCUT2D eigenvalue weighted by molar-refractivity contribution is 6.30. The van der Waals surface area contributed by atoms with E-state index in [0.717, 1.165) is 37.5 Å². The number of rotatable bonds is 4. The molecule has 1 aromatic carbocycles. The van der Waals surface area contributed by atoms with Gasteiger partial charge in [0.15, 0.2) is 0 Å². The van der Waals surface area contributed by atoms with Gasteiger partial charge in [0.05, 0.1) is 0 Å². The number of nitrogens with two attached hydrogens (primary N) is 1. The molecule has 1 aliphatic heterocycles. The van der Waals surface area contributed by atoms with E-state index in [0.29, 0.717) is 0 Å². The van der Waals surface area contributed by atoms with Crippen LogP contribution >= 0.6 is 11.6 Å². The van der Waals surface area contributed by atoms with Crippen molar-refractivity contribution in [1.82, 2.24) is 4.90 Å². The molecule has 20 heavy (non-hydrogen) atoms. The van der Waals surface area contributed by atoms with Crippen LogP contribution in [0, 0.1) is 0 Å². The fraction of sp³-hybridized carbons (Fsp3) is 0.625. The van der Waals surface area contributed by atoms with Crippen LogP contribution in [0.4, 0.5) is 5.69 Å². The van der Waals surface area contributed by atoms with Gasteiger partial charge >= 0.3 is 0 Å². The number of hydrogen-bond donors (Lipinski definition) is 1. The van der Waals surface area contributed by atoms with Crippen molar-refractivity contribution in [2.75, 3.05) is 38.1 Å². The van der Waals surface area contributed by atoms with Crippen LogP contribution in [0.25, 0.3) is 0 Å². The first kappa shape index (κ1) is 15.6. The molecule has 1 heterocycles. The van der Waals surface area contributed by atoms with Crippen molar-refractivity contribution in [2.45, 2.75) is 32.2 Å². The topological polar surface area (TPSA) is 32.5 Å². The average molecular weight is 296 g/mol. The second kappa shape index (κ2) is 7.30. The summed E-state index contributed by atoms with van der Waals surface area (Å²) >= 11 is 6.17. The van der Waals surface area contributed by atoms with Crippen molar-refractivity contribution in [3.8, 4) is 0 Å². The number of hydrogen-bond acceptors (Lipinski definition) is 3. The van der Waals surface area contributed by atoms with E-state index in [-0.39, 0.29) is 6.04 Å². The van der Waals surface area contributed by atoms with E-state index in [1.54, 1.807) is 0 Å². The first-order valence-corrected chi connectivity index (χ1v) is 7.95. The quantitative estimate of drug-likeness (QED) is 0.927. The Labute approximate surface area is 127 Å². The van der Waals surface area contributed by atoms with Crippen LogP contribution < -0.4 is 10.6 Å². The van der Waals surface area contributed by atoms with Gasteiger partial charge in [0, 0.05) is 36.4 Å². The molecule has 0 amide bonds. The van der Waals surface area contributed by atoms with Crippen LogP contribution in [0.2, 0.25) is 5.02 Å². The van der Waals surface area contributed by atoms with Crippen molar-refractivity contribution in [3.63, 3.8) is 0 Å². The summed E-state index contributed by atoms with van der Waals surface area (Å²) in [4.78, 5) is 4.88. The summed E-state index contributed by atoms with van der Waals surface area (Å²) in [5.74, 6) is 0. The van der Waals surface area contributed by atoms with Gasteiger partial charge in [-0.2, -0.15) is 0 Å². The van der Waals surface area contributed by atoms with Crippen LogP contribution in [0.15, 0.2) is 18.2 Å². The molecule has 0 saturated carbocycles. The van der Waals surface area contributed by atoms with E-state index < -0.39 is 0 Å². The van der Waals surface area contributed by atoms with Crippen LogP contribution in [-0.2, 0) is 6.42 Å². The van der Waals surface area contributed by atoms with Crippen molar-refractivity contribution >= 4 is 17.3 Å². The molecule has 0 spiro atoms. The van der Waals surface area contributed by atoms with Gasteiger partial charge < -0.3 is 15.5 Å². The third-order valence-electron chi connectivity index (χ3n) is 4.11. The monoisotopic (exact) mass is 295 g/mol. The molecule has 1 fully saturated rings. The SMILES string of the molecule is CCC(N)Cc1cc(Cl)ccc1N1CCCN(C)CC1. The second-order valence-corrected chi connectivity index (χ2v) is 6.23. The molecule has 1 unspecified atom stereocenters. The molecule has 4 heteroatoms. The molecule has 0 radical (unpaired) electrons. The summed E-state index contributed by atoms with van der Waals surface area (Å²) in [6.07, 6.45) is 3.10. The highest BCUT2D eigenvalue weighted by Crippen LogP contribution is 2.26. The zero-order chi connectivity index (χ0) is 14.5. The van der Waals surface area contributed by atoms with Crippen molar-refractivity contribution in [3.05, 3.63) is 28.8 Å². The maximum absolute atomic E-state index is 6.17. The van der Waals surface area contributed by atoms with Gasteiger partial charge in [-0.15, -0.1) is 0 Å². The van der Waals surface area contributed by atoms with E-state index in [1.807, 2.05) is 6.07 Å². The van der Waals surface area contributed by atoms with Crippen LogP contribution in [0.5, 0.6) is 0 Å². The van der Waals surface area contributed by atoms with Crippen molar-refractivity contribution in [1.29, 1.82) is 0 Å². The van der Waals surface area contributed by atoms with E-state index in [9.17, 15) is 0 Å². The summed E-state index contributed by atoms with van der Waals surface area (Å²) in [5.41, 5.74) is 8.74. The standard InChI is InChI=1S/C16H26ClN3/c1-3-15(18)12-13-11-14(17)5-6-16(13)20-8-4-7-19(2)9-10-20/h5-6,11,15H,3-4,7-10,12,18H2,1-2H3. The largest absolute Gasteiger partial charge is 0.370 e. The normalized spacial score (nSPS) is 18.9. The molecule has 1 aliphatic rings. The van der Waals surface area contributed by atoms with E-state index in [2.05, 4.69) is 35.9 Å². The molecule has 2 rings (SSSR count). The minimum absolute atomic E-state index is 0.210. The Morgan fingerprint density at radius 3 is 2.80 bits per heavy atom. The Hall–Kier alpha value is -0.770. The van der Waals surface area contributed by atoms with Crippen LogP contribution in [0.1, 0.15) is 25.3 Å². The maximum Gasteiger partial charge on any atom is 0.0410 e. The van der Waals surface area contributed by atoms with Crippen LogP contribution in [0.3, 0.4) is 0 Å². The summed E-state index contributed by atoms with van der Waals surface area (Å²) in [6, 6.07) is 6.45. The molecule has 0 aromatic heterocycles. The number of likely N-dealkylation sites (N-methyl/N-ethyl adjacent to an activating group) is 1. The number of benzene rings is 1. The first-order valence-electron chi connectivity index (χ1n) is 7.57. The summed E-state index contributed by atoms with van der Waals surface area (Å²) in [6.45, 7) is 6.61. The van der Waals surface area contributed by atoms with Gasteiger partial charge in [-0.1, -0.05) is 18.5 Å². The number of nitrogens with zero attached hydrogens (tertiary/aromatic N) is 2. The molecule has 2 N–H and O–H groups in total. The average Bonchev–Trinajstić information content (AvgIpc) is 2.64. The summed E-state index contributed by atoms with van der Waals surface area (Å²) in [7, 11) is 2.19. The maximum atomic E-state index is 6.17. The van der Waals surface area contributed by atoms with E-state index in [1.165, 1.54) is 24.2 Å². The third-order valence-corrected chi connectivity index (χ3v) is 4.34. The molecule has 112 valence electrons. The highest BCUT2D eigenvalue weighted by Gasteiger charge is 2.16. The van der Waals surface area contributed by atoms with E-state index in [4.69, 9.17) is 17.3 Å². The van der Waals surface area contributed by atoms with Crippen molar-refractivity contribution in [2.24, 2.45) is 5.73 Å². The smallest absolute Gasteiger partial charge is 0.0410 e. The second-order valence-electron chi connectivity index (χ2n) is 5.79. The Morgan fingerprint density at radius 1 is 1.25 bits per heavy atom. The fourth-order valence-corrected chi connectivity index (χ4v) is 2.94. The van der Waals surface area contributed by atoms with Crippen LogP contribution in [-0.4, -0.2) is 44.2 Å². The van der Waals surface area contributed by atoms with Gasteiger partial charge in [-0.05, 0) is 56.6 Å². The Bertz CT molecular complexity index is 436. The lowest BCUT2D eigenvalue weighted by Crippen LogP contribution is -2.30. The molecule has 1 atom stereocenters. The van der Waals surface area contributed by atoms with Gasteiger partial charge in [0.1, 0.15) is 0 Å². The van der Waals surface area contributed by atoms with Gasteiger partial charge in [0.25, 0.3) is 0 Å². The molecule has 1 aromatic rings. The lowest BCUT2D eigenvalue weighted by atomic mass is 10.0. The fourth-order valence-electron chi connectivity index (χ4n) is 2.74. The first-order chi connectivity index (χ1) is 9.60. The molecule has 0 aliphatic carbocycles. The zero-order valence-corrected chi connectivity index (χ0v) is 13.4. The molecule has 3 nitrogen and oxygen atoms in total. The molecular formula is C16H26ClN3. The van der Waals surface area contributed by atoms with Gasteiger partial charge in [0.2, 0.25) is 0 Å². The third kappa shape index (κ3) is 4.11. The molecular weight excluding hydrogens is 270 g/mol. The van der Waals surface area contributed by atoms with Gasteiger partial charge in [-0.3, -0.25) is 0 Å². The number of halogens is 1. The molecule has 1 saturated heterocycles. The zero-order valence-electron chi connectivity index (χ0n) is 12.6. The Balaban J connectivity index is 2.20. The number of anilines is 1. The lowest BCUT2D eigenvalue weighted by molar-refractivity contribution is 0.360.